The molecule has 0 aliphatic rings. The number of nitrogens with zero attached hydrogens (tertiary/aromatic N) is 2. The summed E-state index contributed by atoms with van der Waals surface area (Å²) < 4.78 is 26.6. The Balaban J connectivity index is 2.43. The molecule has 2 aromatic rings. The van der Waals surface area contributed by atoms with Gasteiger partial charge in [-0.15, -0.1) is 0 Å². The summed E-state index contributed by atoms with van der Waals surface area (Å²) in [7, 11) is -4.05. The first-order valence-corrected chi connectivity index (χ1v) is 7.62. The number of hydrogen-bond acceptors (Lipinski definition) is 5. The molecule has 0 saturated heterocycles. The third kappa shape index (κ3) is 3.41. The number of nitro benzene ring substituents is 1. The van der Waals surface area contributed by atoms with E-state index in [-0.39, 0.29) is 20.8 Å². The fraction of sp³-hybridized carbons (Fsp3) is 0. The van der Waals surface area contributed by atoms with Crippen LogP contribution in [0.5, 0.6) is 0 Å². The molecule has 2 rings (SSSR count). The van der Waals surface area contributed by atoms with E-state index in [0.717, 1.165) is 18.2 Å². The predicted octanol–water partition coefficient (Wildman–Crippen LogP) is 3.10. The molecule has 0 bridgehead atoms. The maximum Gasteiger partial charge on any atom is 0.289 e. The monoisotopic (exact) mass is 347 g/mol. The number of nitro groups is 1. The fourth-order valence-corrected chi connectivity index (χ4v) is 2.96. The highest BCUT2D eigenvalue weighted by Gasteiger charge is 2.21. The number of rotatable bonds is 4. The van der Waals surface area contributed by atoms with Crippen LogP contribution in [0.3, 0.4) is 0 Å². The van der Waals surface area contributed by atoms with E-state index in [4.69, 9.17) is 23.2 Å². The van der Waals surface area contributed by atoms with Crippen molar-refractivity contribution in [2.24, 2.45) is 0 Å². The summed E-state index contributed by atoms with van der Waals surface area (Å²) in [6, 6.07) is 6.07. The molecule has 1 aromatic carbocycles. The van der Waals surface area contributed by atoms with Gasteiger partial charge in [0.15, 0.2) is 5.15 Å². The molecule has 7 nitrogen and oxygen atoms in total. The molecular formula is C11H7Cl2N3O4S. The number of aromatic nitrogens is 1. The molecule has 0 radical (unpaired) electrons. The summed E-state index contributed by atoms with van der Waals surface area (Å²) in [6.45, 7) is 0. The minimum Gasteiger partial charge on any atom is -0.276 e. The van der Waals surface area contributed by atoms with Crippen LogP contribution >= 0.6 is 23.2 Å². The van der Waals surface area contributed by atoms with Crippen molar-refractivity contribution in [3.63, 3.8) is 0 Å². The number of pyridine rings is 1. The Labute approximate surface area is 129 Å². The van der Waals surface area contributed by atoms with E-state index in [1.165, 1.54) is 18.3 Å². The second-order valence-electron chi connectivity index (χ2n) is 3.82. The largest absolute Gasteiger partial charge is 0.289 e. The highest BCUT2D eigenvalue weighted by molar-refractivity contribution is 7.92. The molecule has 0 saturated carbocycles. The van der Waals surface area contributed by atoms with Crippen LogP contribution in [0.15, 0.2) is 41.4 Å². The van der Waals surface area contributed by atoms with E-state index in [2.05, 4.69) is 9.71 Å². The van der Waals surface area contributed by atoms with Gasteiger partial charge in [0.1, 0.15) is 5.02 Å². The quantitative estimate of drug-likeness (QED) is 0.520. The molecule has 0 aliphatic heterocycles. The molecule has 0 spiro atoms. The number of sulfonamides is 1. The first-order chi connectivity index (χ1) is 9.81. The molecule has 0 amide bonds. The standard InChI is InChI=1S/C11H7Cl2N3O4S/c12-8-4-3-7(6-10(8)16(17)18)21(19,20)15-9-2-1-5-14-11(9)13/h1-6,15H. The zero-order chi connectivity index (χ0) is 15.6. The van der Waals surface area contributed by atoms with Crippen molar-refractivity contribution in [3.8, 4) is 0 Å². The zero-order valence-electron chi connectivity index (χ0n) is 10.2. The Bertz CT molecular complexity index is 811. The lowest BCUT2D eigenvalue weighted by atomic mass is 10.3. The van der Waals surface area contributed by atoms with Crippen molar-refractivity contribution in [3.05, 3.63) is 56.8 Å². The van der Waals surface area contributed by atoms with Gasteiger partial charge < -0.3 is 0 Å². The van der Waals surface area contributed by atoms with E-state index in [0.29, 0.717) is 0 Å². The van der Waals surface area contributed by atoms with Gasteiger partial charge in [-0.2, -0.15) is 0 Å². The van der Waals surface area contributed by atoms with Crippen LogP contribution in [0.4, 0.5) is 11.4 Å². The van der Waals surface area contributed by atoms with E-state index in [1.807, 2.05) is 0 Å². The molecule has 0 atom stereocenters. The maximum absolute atomic E-state index is 12.2. The summed E-state index contributed by atoms with van der Waals surface area (Å²) in [4.78, 5) is 13.4. The summed E-state index contributed by atoms with van der Waals surface area (Å²) in [6.07, 6.45) is 1.40. The van der Waals surface area contributed by atoms with Crippen molar-refractivity contribution in [1.29, 1.82) is 0 Å². The summed E-state index contributed by atoms with van der Waals surface area (Å²) in [5, 5.41) is 10.6. The highest BCUT2D eigenvalue weighted by Crippen LogP contribution is 2.28. The molecule has 1 heterocycles. The van der Waals surface area contributed by atoms with Gasteiger partial charge in [0.25, 0.3) is 15.7 Å². The molecule has 1 aromatic heterocycles. The van der Waals surface area contributed by atoms with Crippen LogP contribution in [0.25, 0.3) is 0 Å². The SMILES string of the molecule is O=[N+]([O-])c1cc(S(=O)(=O)Nc2cccnc2Cl)ccc1Cl. The van der Waals surface area contributed by atoms with Crippen LogP contribution in [-0.4, -0.2) is 18.3 Å². The van der Waals surface area contributed by atoms with Crippen molar-refractivity contribution in [2.75, 3.05) is 4.72 Å². The van der Waals surface area contributed by atoms with Crippen molar-refractivity contribution < 1.29 is 13.3 Å². The topological polar surface area (TPSA) is 102 Å². The number of nitrogens with one attached hydrogen (secondary N) is 1. The lowest BCUT2D eigenvalue weighted by molar-refractivity contribution is -0.384. The number of benzene rings is 1. The van der Waals surface area contributed by atoms with Gasteiger partial charge in [-0.25, -0.2) is 13.4 Å². The number of halogens is 2. The average Bonchev–Trinajstić information content (AvgIpc) is 2.41. The molecule has 0 fully saturated rings. The normalized spacial score (nSPS) is 11.1. The zero-order valence-corrected chi connectivity index (χ0v) is 12.5. The maximum atomic E-state index is 12.2. The highest BCUT2D eigenvalue weighted by atomic mass is 35.5. The van der Waals surface area contributed by atoms with Crippen molar-refractivity contribution in [2.45, 2.75) is 4.90 Å². The van der Waals surface area contributed by atoms with Gasteiger partial charge in [-0.3, -0.25) is 14.8 Å². The van der Waals surface area contributed by atoms with Crippen molar-refractivity contribution >= 4 is 44.6 Å². The second kappa shape index (κ2) is 5.84. The number of anilines is 1. The third-order valence-electron chi connectivity index (χ3n) is 2.43. The predicted molar refractivity (Wildman–Crippen MR) is 78.2 cm³/mol. The van der Waals surface area contributed by atoms with Crippen LogP contribution in [-0.2, 0) is 10.0 Å². The molecule has 21 heavy (non-hydrogen) atoms. The van der Waals surface area contributed by atoms with Gasteiger partial charge in [0, 0.05) is 12.3 Å². The van der Waals surface area contributed by atoms with Gasteiger partial charge >= 0.3 is 0 Å². The van der Waals surface area contributed by atoms with E-state index in [1.54, 1.807) is 0 Å². The molecule has 1 N–H and O–H groups in total. The van der Waals surface area contributed by atoms with Crippen LogP contribution in [0, 0.1) is 10.1 Å². The average molecular weight is 348 g/mol. The van der Waals surface area contributed by atoms with E-state index < -0.39 is 20.6 Å². The molecule has 0 unspecified atom stereocenters. The Kier molecular flexibility index (Phi) is 4.31. The van der Waals surface area contributed by atoms with Crippen LogP contribution in [0.2, 0.25) is 10.2 Å². The summed E-state index contributed by atoms with van der Waals surface area (Å²) >= 11 is 11.4. The first kappa shape index (κ1) is 15.5. The van der Waals surface area contributed by atoms with Gasteiger partial charge in [-0.1, -0.05) is 23.2 Å². The minimum absolute atomic E-state index is 0.0375. The van der Waals surface area contributed by atoms with Crippen molar-refractivity contribution in [1.82, 2.24) is 4.98 Å². The number of hydrogen-bond donors (Lipinski definition) is 1. The summed E-state index contributed by atoms with van der Waals surface area (Å²) in [5.41, 5.74) is -0.436. The molecule has 10 heteroatoms. The molecule has 0 aliphatic carbocycles. The Morgan fingerprint density at radius 2 is 1.95 bits per heavy atom. The Hall–Kier alpha value is -1.90. The minimum atomic E-state index is -4.05. The van der Waals surface area contributed by atoms with Gasteiger partial charge in [0.05, 0.1) is 15.5 Å². The molecule has 110 valence electrons. The van der Waals surface area contributed by atoms with Crippen LogP contribution < -0.4 is 4.72 Å². The van der Waals surface area contributed by atoms with Gasteiger partial charge in [0.2, 0.25) is 0 Å². The second-order valence-corrected chi connectivity index (χ2v) is 6.27. The Morgan fingerprint density at radius 3 is 2.57 bits per heavy atom. The lowest BCUT2D eigenvalue weighted by Crippen LogP contribution is -2.13. The van der Waals surface area contributed by atoms with Crippen LogP contribution in [0.1, 0.15) is 0 Å². The smallest absolute Gasteiger partial charge is 0.276 e. The first-order valence-electron chi connectivity index (χ1n) is 5.38. The third-order valence-corrected chi connectivity index (χ3v) is 4.41. The molecular weight excluding hydrogens is 341 g/mol. The van der Waals surface area contributed by atoms with Gasteiger partial charge in [-0.05, 0) is 24.3 Å². The van der Waals surface area contributed by atoms with E-state index in [9.17, 15) is 18.5 Å². The lowest BCUT2D eigenvalue weighted by Gasteiger charge is -2.09. The Morgan fingerprint density at radius 1 is 1.24 bits per heavy atom. The fourth-order valence-electron chi connectivity index (χ4n) is 1.47. The summed E-state index contributed by atoms with van der Waals surface area (Å²) in [5.74, 6) is 0. The van der Waals surface area contributed by atoms with E-state index >= 15 is 0 Å².